The molecule has 0 aliphatic carbocycles. The first-order valence-electron chi connectivity index (χ1n) is 6.07. The van der Waals surface area contributed by atoms with E-state index in [1.165, 1.54) is 15.6 Å². The number of aryl methyl sites for hydroxylation is 2. The Morgan fingerprint density at radius 3 is 2.70 bits per heavy atom. The largest absolute Gasteiger partial charge is 0.352 e. The molecule has 0 spiro atoms. The number of sulfonamides is 1. The number of nitrogens with zero attached hydrogens (tertiary/aromatic N) is 3. The van der Waals surface area contributed by atoms with Crippen molar-refractivity contribution in [1.82, 2.24) is 13.9 Å². The van der Waals surface area contributed by atoms with Crippen molar-refractivity contribution in [3.8, 4) is 0 Å². The first-order chi connectivity index (χ1) is 9.34. The summed E-state index contributed by atoms with van der Waals surface area (Å²) in [4.78, 5) is 4.54. The van der Waals surface area contributed by atoms with Crippen molar-refractivity contribution in [2.24, 2.45) is 12.8 Å². The second-order valence-corrected chi connectivity index (χ2v) is 7.71. The molecule has 2 aromatic heterocycles. The minimum atomic E-state index is -3.52. The third-order valence-corrected chi connectivity index (χ3v) is 5.64. The van der Waals surface area contributed by atoms with Crippen LogP contribution in [0.2, 0.25) is 0 Å². The Labute approximate surface area is 122 Å². The maximum atomic E-state index is 12.5. The average molecular weight is 314 g/mol. The molecule has 0 bridgehead atoms. The monoisotopic (exact) mass is 314 g/mol. The van der Waals surface area contributed by atoms with Crippen molar-refractivity contribution in [2.45, 2.75) is 24.9 Å². The third-order valence-electron chi connectivity index (χ3n) is 3.05. The number of nitrogens with two attached hydrogens (primary N) is 1. The molecule has 2 N–H and O–H groups in total. The molecular formula is C12H18N4O2S2. The van der Waals surface area contributed by atoms with Crippen molar-refractivity contribution >= 4 is 21.4 Å². The molecule has 0 aromatic carbocycles. The number of hydrogen-bond acceptors (Lipinski definition) is 5. The lowest BCUT2D eigenvalue weighted by atomic mass is 10.4. The molecule has 0 aliphatic rings. The summed E-state index contributed by atoms with van der Waals surface area (Å²) in [5, 5.41) is 2.80. The van der Waals surface area contributed by atoms with Crippen LogP contribution in [0, 0.1) is 6.92 Å². The van der Waals surface area contributed by atoms with Gasteiger partial charge in [0.05, 0.1) is 17.2 Å². The predicted molar refractivity (Wildman–Crippen MR) is 78.8 cm³/mol. The normalized spacial score (nSPS) is 12.2. The summed E-state index contributed by atoms with van der Waals surface area (Å²) in [6.45, 7) is 2.47. The fraction of sp³-hybridized carbons (Fsp3) is 0.417. The number of hydrogen-bond donors (Lipinski definition) is 1. The van der Waals surface area contributed by atoms with Crippen molar-refractivity contribution in [3.05, 3.63) is 34.0 Å². The lowest BCUT2D eigenvalue weighted by molar-refractivity contribution is 0.462. The molecule has 2 aromatic rings. The molecule has 2 heterocycles. The van der Waals surface area contributed by atoms with Gasteiger partial charge in [0.15, 0.2) is 0 Å². The molecule has 0 unspecified atom stereocenters. The van der Waals surface area contributed by atoms with E-state index >= 15 is 0 Å². The van der Waals surface area contributed by atoms with Crippen molar-refractivity contribution < 1.29 is 8.42 Å². The number of aromatic nitrogens is 2. The van der Waals surface area contributed by atoms with E-state index in [4.69, 9.17) is 5.73 Å². The van der Waals surface area contributed by atoms with Crippen LogP contribution in [0.4, 0.5) is 0 Å². The lowest BCUT2D eigenvalue weighted by Crippen LogP contribution is -2.26. The topological polar surface area (TPSA) is 81.2 Å². The Hall–Kier alpha value is -1.22. The second kappa shape index (κ2) is 5.65. The van der Waals surface area contributed by atoms with E-state index in [9.17, 15) is 8.42 Å². The quantitative estimate of drug-likeness (QED) is 0.895. The van der Waals surface area contributed by atoms with E-state index in [0.717, 1.165) is 16.4 Å². The van der Waals surface area contributed by atoms with Crippen LogP contribution in [-0.2, 0) is 30.2 Å². The van der Waals surface area contributed by atoms with Crippen LogP contribution < -0.4 is 5.73 Å². The number of thiazole rings is 1. The Kier molecular flexibility index (Phi) is 4.28. The van der Waals surface area contributed by atoms with Gasteiger partial charge in [-0.2, -0.15) is 4.31 Å². The molecule has 0 fully saturated rings. The molecular weight excluding hydrogens is 296 g/mol. The van der Waals surface area contributed by atoms with Crippen LogP contribution in [0.3, 0.4) is 0 Å². The van der Waals surface area contributed by atoms with Crippen molar-refractivity contribution in [1.29, 1.82) is 0 Å². The standard InChI is InChI=1S/C12H18N4O2S2/c1-9-14-10(8-19-9)6-16(3)20(17,18)12-4-11(5-13)15(2)7-12/h4,7-8H,5-6,13H2,1-3H3. The molecule has 0 aliphatic heterocycles. The molecule has 0 atom stereocenters. The highest BCUT2D eigenvalue weighted by molar-refractivity contribution is 7.89. The van der Waals surface area contributed by atoms with Gasteiger partial charge in [0.25, 0.3) is 0 Å². The maximum absolute atomic E-state index is 12.5. The smallest absolute Gasteiger partial charge is 0.244 e. The fourth-order valence-electron chi connectivity index (χ4n) is 1.89. The first kappa shape index (κ1) is 15.2. The molecule has 0 amide bonds. The summed E-state index contributed by atoms with van der Waals surface area (Å²) in [7, 11) is -0.181. The summed E-state index contributed by atoms with van der Waals surface area (Å²) in [6.07, 6.45) is 1.58. The van der Waals surface area contributed by atoms with Crippen LogP contribution in [0.5, 0.6) is 0 Å². The SMILES string of the molecule is Cc1nc(CN(C)S(=O)(=O)c2cc(CN)n(C)c2)cs1. The Morgan fingerprint density at radius 1 is 1.50 bits per heavy atom. The molecule has 8 heteroatoms. The number of rotatable bonds is 5. The summed E-state index contributed by atoms with van der Waals surface area (Å²) in [6, 6.07) is 1.61. The minimum Gasteiger partial charge on any atom is -0.352 e. The van der Waals surface area contributed by atoms with Crippen LogP contribution >= 0.6 is 11.3 Å². The van der Waals surface area contributed by atoms with Gasteiger partial charge in [0.2, 0.25) is 10.0 Å². The van der Waals surface area contributed by atoms with E-state index in [2.05, 4.69) is 4.98 Å². The highest BCUT2D eigenvalue weighted by atomic mass is 32.2. The Bertz CT molecular complexity index is 703. The third kappa shape index (κ3) is 2.93. The van der Waals surface area contributed by atoms with Gasteiger partial charge in [-0.15, -0.1) is 11.3 Å². The maximum Gasteiger partial charge on any atom is 0.244 e. The zero-order valence-electron chi connectivity index (χ0n) is 11.7. The minimum absolute atomic E-state index is 0.259. The molecule has 2 rings (SSSR count). The van der Waals surface area contributed by atoms with E-state index in [1.807, 2.05) is 12.3 Å². The van der Waals surface area contributed by atoms with E-state index in [0.29, 0.717) is 6.54 Å². The van der Waals surface area contributed by atoms with Gasteiger partial charge in [-0.1, -0.05) is 0 Å². The second-order valence-electron chi connectivity index (χ2n) is 4.60. The van der Waals surface area contributed by atoms with Gasteiger partial charge in [-0.3, -0.25) is 0 Å². The van der Waals surface area contributed by atoms with Gasteiger partial charge in [0, 0.05) is 37.9 Å². The van der Waals surface area contributed by atoms with Crippen molar-refractivity contribution in [2.75, 3.05) is 7.05 Å². The highest BCUT2D eigenvalue weighted by Gasteiger charge is 2.23. The van der Waals surface area contributed by atoms with E-state index in [1.54, 1.807) is 30.9 Å². The Balaban J connectivity index is 2.24. The van der Waals surface area contributed by atoms with E-state index < -0.39 is 10.0 Å². The van der Waals surface area contributed by atoms with Crippen LogP contribution in [0.1, 0.15) is 16.4 Å². The first-order valence-corrected chi connectivity index (χ1v) is 8.39. The average Bonchev–Trinajstić information content (AvgIpc) is 2.95. The lowest BCUT2D eigenvalue weighted by Gasteiger charge is -2.14. The van der Waals surface area contributed by atoms with Gasteiger partial charge in [-0.25, -0.2) is 13.4 Å². The molecule has 20 heavy (non-hydrogen) atoms. The molecule has 0 radical (unpaired) electrons. The summed E-state index contributed by atoms with van der Waals surface area (Å²) in [5.41, 5.74) is 7.11. The fourth-order valence-corrected chi connectivity index (χ4v) is 3.74. The zero-order valence-corrected chi connectivity index (χ0v) is 13.3. The predicted octanol–water partition coefficient (Wildman–Crippen LogP) is 1.07. The van der Waals surface area contributed by atoms with Gasteiger partial charge in [0.1, 0.15) is 4.90 Å². The zero-order chi connectivity index (χ0) is 14.9. The molecule has 110 valence electrons. The molecule has 0 saturated carbocycles. The highest BCUT2D eigenvalue weighted by Crippen LogP contribution is 2.19. The van der Waals surface area contributed by atoms with Crippen LogP contribution in [-0.4, -0.2) is 29.3 Å². The summed E-state index contributed by atoms with van der Waals surface area (Å²) in [5.74, 6) is 0. The van der Waals surface area contributed by atoms with E-state index in [-0.39, 0.29) is 11.4 Å². The molecule has 6 nitrogen and oxygen atoms in total. The summed E-state index contributed by atoms with van der Waals surface area (Å²) >= 11 is 1.51. The molecule has 0 saturated heterocycles. The van der Waals surface area contributed by atoms with Gasteiger partial charge >= 0.3 is 0 Å². The Morgan fingerprint density at radius 2 is 2.20 bits per heavy atom. The van der Waals surface area contributed by atoms with Crippen LogP contribution in [0.15, 0.2) is 22.5 Å². The summed E-state index contributed by atoms with van der Waals surface area (Å²) < 4.78 is 28.0. The van der Waals surface area contributed by atoms with Crippen molar-refractivity contribution in [3.63, 3.8) is 0 Å². The van der Waals surface area contributed by atoms with Gasteiger partial charge in [-0.05, 0) is 13.0 Å². The van der Waals surface area contributed by atoms with Crippen LogP contribution in [0.25, 0.3) is 0 Å². The van der Waals surface area contributed by atoms with Gasteiger partial charge < -0.3 is 10.3 Å².